The summed E-state index contributed by atoms with van der Waals surface area (Å²) in [5.41, 5.74) is 1.38. The molecule has 132 valence electrons. The first kappa shape index (κ1) is 17.5. The fourth-order valence-electron chi connectivity index (χ4n) is 4.74. The first-order valence-corrected chi connectivity index (χ1v) is 9.89. The number of fused-ring (bicyclic) bond motifs is 2. The van der Waals surface area contributed by atoms with Crippen LogP contribution in [-0.4, -0.2) is 12.6 Å². The summed E-state index contributed by atoms with van der Waals surface area (Å²) < 4.78 is 5.71. The molecule has 5 unspecified atom stereocenters. The lowest BCUT2D eigenvalue weighted by molar-refractivity contribution is -0.150. The summed E-state index contributed by atoms with van der Waals surface area (Å²) in [4.78, 5) is 12.4. The minimum absolute atomic E-state index is 0.0811. The molecule has 0 saturated heterocycles. The highest BCUT2D eigenvalue weighted by molar-refractivity contribution is 5.73. The van der Waals surface area contributed by atoms with Crippen molar-refractivity contribution in [3.63, 3.8) is 0 Å². The molecule has 0 amide bonds. The van der Waals surface area contributed by atoms with E-state index in [1.807, 2.05) is 0 Å². The van der Waals surface area contributed by atoms with E-state index in [2.05, 4.69) is 44.2 Å². The number of carbonyl (C=O) groups excluding carboxylic acids is 1. The van der Waals surface area contributed by atoms with Crippen LogP contribution in [-0.2, 0) is 9.53 Å². The van der Waals surface area contributed by atoms with Crippen LogP contribution >= 0.6 is 0 Å². The summed E-state index contributed by atoms with van der Waals surface area (Å²) >= 11 is 0. The molecular formula is C22H32O2. The predicted octanol–water partition coefficient (Wildman–Crippen LogP) is 5.58. The Bertz CT molecular complexity index is 524. The lowest BCUT2D eigenvalue weighted by Gasteiger charge is -2.23. The molecule has 0 N–H and O–H groups in total. The number of carbonyl (C=O) groups is 1. The van der Waals surface area contributed by atoms with Crippen molar-refractivity contribution in [2.75, 3.05) is 6.61 Å². The molecule has 1 aromatic carbocycles. The Morgan fingerprint density at radius 2 is 2.00 bits per heavy atom. The number of ether oxygens (including phenoxy) is 1. The van der Waals surface area contributed by atoms with Crippen molar-refractivity contribution in [3.05, 3.63) is 35.9 Å². The largest absolute Gasteiger partial charge is 0.465 e. The molecule has 0 heterocycles. The number of esters is 1. The van der Waals surface area contributed by atoms with Crippen molar-refractivity contribution in [3.8, 4) is 0 Å². The van der Waals surface area contributed by atoms with E-state index in [4.69, 9.17) is 4.74 Å². The van der Waals surface area contributed by atoms with E-state index in [-0.39, 0.29) is 11.9 Å². The number of benzene rings is 1. The van der Waals surface area contributed by atoms with Crippen molar-refractivity contribution in [1.29, 1.82) is 0 Å². The SMILES string of the molecule is CCC(C)CC(CCOC(=O)C1CC2CCC1C2)c1ccccc1. The molecule has 0 radical (unpaired) electrons. The Labute approximate surface area is 147 Å². The van der Waals surface area contributed by atoms with Gasteiger partial charge in [0.1, 0.15) is 0 Å². The van der Waals surface area contributed by atoms with Gasteiger partial charge in [0.2, 0.25) is 0 Å². The van der Waals surface area contributed by atoms with E-state index in [9.17, 15) is 4.79 Å². The zero-order chi connectivity index (χ0) is 16.9. The zero-order valence-electron chi connectivity index (χ0n) is 15.2. The summed E-state index contributed by atoms with van der Waals surface area (Å²) in [6.07, 6.45) is 8.24. The van der Waals surface area contributed by atoms with Crippen molar-refractivity contribution in [1.82, 2.24) is 0 Å². The first-order chi connectivity index (χ1) is 11.7. The molecule has 24 heavy (non-hydrogen) atoms. The summed E-state index contributed by atoms with van der Waals surface area (Å²) in [5.74, 6) is 2.90. The third-order valence-electron chi connectivity index (χ3n) is 6.41. The van der Waals surface area contributed by atoms with Gasteiger partial charge in [0.15, 0.2) is 0 Å². The topological polar surface area (TPSA) is 26.3 Å². The van der Waals surface area contributed by atoms with E-state index >= 15 is 0 Å². The Hall–Kier alpha value is -1.31. The van der Waals surface area contributed by atoms with Gasteiger partial charge in [-0.05, 0) is 61.3 Å². The van der Waals surface area contributed by atoms with Gasteiger partial charge in [0.25, 0.3) is 0 Å². The molecule has 1 aromatic rings. The highest BCUT2D eigenvalue weighted by Crippen LogP contribution is 2.48. The fraction of sp³-hybridized carbons (Fsp3) is 0.682. The van der Waals surface area contributed by atoms with Crippen molar-refractivity contribution in [2.45, 2.75) is 64.7 Å². The van der Waals surface area contributed by atoms with Gasteiger partial charge in [-0.3, -0.25) is 4.79 Å². The van der Waals surface area contributed by atoms with Crippen molar-refractivity contribution < 1.29 is 9.53 Å². The van der Waals surface area contributed by atoms with Crippen LogP contribution in [0.2, 0.25) is 0 Å². The van der Waals surface area contributed by atoms with Gasteiger partial charge in [-0.25, -0.2) is 0 Å². The molecule has 0 spiro atoms. The maximum atomic E-state index is 12.4. The van der Waals surface area contributed by atoms with Crippen LogP contribution in [0.3, 0.4) is 0 Å². The van der Waals surface area contributed by atoms with E-state index in [0.717, 1.165) is 18.8 Å². The molecule has 2 aliphatic rings. The second-order valence-corrected chi connectivity index (χ2v) is 8.09. The molecule has 2 aliphatic carbocycles. The average Bonchev–Trinajstić information content (AvgIpc) is 3.24. The lowest BCUT2D eigenvalue weighted by Crippen LogP contribution is -2.24. The van der Waals surface area contributed by atoms with Crippen LogP contribution in [0.1, 0.15) is 70.3 Å². The summed E-state index contributed by atoms with van der Waals surface area (Å²) in [5, 5.41) is 0. The smallest absolute Gasteiger partial charge is 0.309 e. The molecule has 0 aliphatic heterocycles. The fourth-order valence-corrected chi connectivity index (χ4v) is 4.74. The van der Waals surface area contributed by atoms with Gasteiger partial charge < -0.3 is 4.74 Å². The van der Waals surface area contributed by atoms with Crippen LogP contribution in [0.15, 0.2) is 30.3 Å². The Morgan fingerprint density at radius 1 is 1.21 bits per heavy atom. The number of hydrogen-bond acceptors (Lipinski definition) is 2. The van der Waals surface area contributed by atoms with Crippen LogP contribution < -0.4 is 0 Å². The minimum Gasteiger partial charge on any atom is -0.465 e. The quantitative estimate of drug-likeness (QED) is 0.583. The van der Waals surface area contributed by atoms with Crippen molar-refractivity contribution in [2.24, 2.45) is 23.7 Å². The summed E-state index contributed by atoms with van der Waals surface area (Å²) in [6.45, 7) is 5.14. The highest BCUT2D eigenvalue weighted by atomic mass is 16.5. The van der Waals surface area contributed by atoms with E-state index in [0.29, 0.717) is 24.4 Å². The maximum absolute atomic E-state index is 12.4. The normalized spacial score (nSPS) is 27.8. The second kappa shape index (κ2) is 8.18. The number of rotatable bonds is 8. The third-order valence-corrected chi connectivity index (χ3v) is 6.41. The summed E-state index contributed by atoms with van der Waals surface area (Å²) in [7, 11) is 0. The number of hydrogen-bond donors (Lipinski definition) is 0. The average molecular weight is 328 g/mol. The molecular weight excluding hydrogens is 296 g/mol. The molecule has 2 nitrogen and oxygen atoms in total. The molecule has 0 aromatic heterocycles. The molecule has 2 fully saturated rings. The monoisotopic (exact) mass is 328 g/mol. The van der Waals surface area contributed by atoms with Crippen LogP contribution in [0.5, 0.6) is 0 Å². The van der Waals surface area contributed by atoms with Gasteiger partial charge in [-0.1, -0.05) is 57.0 Å². The van der Waals surface area contributed by atoms with E-state index in [1.165, 1.54) is 37.7 Å². The van der Waals surface area contributed by atoms with Gasteiger partial charge in [-0.15, -0.1) is 0 Å². The van der Waals surface area contributed by atoms with Gasteiger partial charge in [0.05, 0.1) is 12.5 Å². The Morgan fingerprint density at radius 3 is 2.62 bits per heavy atom. The van der Waals surface area contributed by atoms with Crippen LogP contribution in [0.4, 0.5) is 0 Å². The Kier molecular flexibility index (Phi) is 5.97. The van der Waals surface area contributed by atoms with Crippen LogP contribution in [0.25, 0.3) is 0 Å². The Balaban J connectivity index is 1.50. The standard InChI is InChI=1S/C22H32O2/c1-3-16(2)13-19(18-7-5-4-6-8-18)11-12-24-22(23)21-15-17-9-10-20(21)14-17/h4-8,16-17,19-21H,3,9-15H2,1-2H3. The van der Waals surface area contributed by atoms with Gasteiger partial charge >= 0.3 is 5.97 Å². The lowest BCUT2D eigenvalue weighted by atomic mass is 9.86. The van der Waals surface area contributed by atoms with Crippen LogP contribution in [0, 0.1) is 23.7 Å². The molecule has 5 atom stereocenters. The predicted molar refractivity (Wildman–Crippen MR) is 97.8 cm³/mol. The molecule has 2 heteroatoms. The minimum atomic E-state index is 0.0811. The molecule has 2 bridgehead atoms. The summed E-state index contributed by atoms with van der Waals surface area (Å²) in [6, 6.07) is 10.7. The highest BCUT2D eigenvalue weighted by Gasteiger charge is 2.43. The zero-order valence-corrected chi connectivity index (χ0v) is 15.2. The molecule has 2 saturated carbocycles. The van der Waals surface area contributed by atoms with E-state index < -0.39 is 0 Å². The second-order valence-electron chi connectivity index (χ2n) is 8.09. The third kappa shape index (κ3) is 4.20. The molecule has 3 rings (SSSR count). The maximum Gasteiger partial charge on any atom is 0.309 e. The van der Waals surface area contributed by atoms with Gasteiger partial charge in [0, 0.05) is 0 Å². The van der Waals surface area contributed by atoms with E-state index in [1.54, 1.807) is 0 Å². The first-order valence-electron chi connectivity index (χ1n) is 9.89. The van der Waals surface area contributed by atoms with Crippen molar-refractivity contribution >= 4 is 5.97 Å². The van der Waals surface area contributed by atoms with Gasteiger partial charge in [-0.2, -0.15) is 0 Å².